The molecule has 0 aromatic heterocycles. The minimum absolute atomic E-state index is 0.111. The fourth-order valence-corrected chi connectivity index (χ4v) is 5.28. The van der Waals surface area contributed by atoms with E-state index in [4.69, 9.17) is 16.3 Å². The summed E-state index contributed by atoms with van der Waals surface area (Å²) < 4.78 is 33.0. The summed E-state index contributed by atoms with van der Waals surface area (Å²) in [4.78, 5) is 12.8. The maximum absolute atomic E-state index is 13.1. The predicted molar refractivity (Wildman–Crippen MR) is 114 cm³/mol. The maximum atomic E-state index is 13.1. The Balaban J connectivity index is 1.69. The van der Waals surface area contributed by atoms with Crippen molar-refractivity contribution < 1.29 is 17.9 Å². The lowest BCUT2D eigenvalue weighted by molar-refractivity contribution is -0.117. The molecule has 8 heteroatoms. The van der Waals surface area contributed by atoms with Gasteiger partial charge in [0.05, 0.1) is 11.5 Å². The highest BCUT2D eigenvalue weighted by Crippen LogP contribution is 2.28. The second-order valence-corrected chi connectivity index (χ2v) is 9.26. The van der Waals surface area contributed by atoms with Crippen molar-refractivity contribution in [1.82, 2.24) is 4.31 Å². The zero-order valence-electron chi connectivity index (χ0n) is 16.3. The van der Waals surface area contributed by atoms with Gasteiger partial charge in [-0.1, -0.05) is 18.0 Å². The van der Waals surface area contributed by atoms with Crippen LogP contribution in [0.5, 0.6) is 5.75 Å². The number of sulfonamides is 1. The predicted octanol–water partition coefficient (Wildman–Crippen LogP) is 4.31. The van der Waals surface area contributed by atoms with Crippen LogP contribution in [0.2, 0.25) is 5.02 Å². The fraction of sp³-hybridized carbons (Fsp3) is 0.381. The largest absolute Gasteiger partial charge is 0.494 e. The Morgan fingerprint density at radius 1 is 1.14 bits per heavy atom. The van der Waals surface area contributed by atoms with Crippen molar-refractivity contribution in [1.29, 1.82) is 0 Å². The molecule has 1 amide bonds. The van der Waals surface area contributed by atoms with Gasteiger partial charge in [0.2, 0.25) is 15.9 Å². The van der Waals surface area contributed by atoms with Gasteiger partial charge in [-0.05, 0) is 68.3 Å². The molecule has 1 aliphatic heterocycles. The van der Waals surface area contributed by atoms with E-state index in [0.29, 0.717) is 30.3 Å². The molecule has 6 nitrogen and oxygen atoms in total. The summed E-state index contributed by atoms with van der Waals surface area (Å²) in [6.45, 7) is 2.89. The van der Waals surface area contributed by atoms with Gasteiger partial charge in [-0.25, -0.2) is 8.42 Å². The van der Waals surface area contributed by atoms with E-state index in [1.807, 2.05) is 6.92 Å². The van der Waals surface area contributed by atoms with Crippen LogP contribution in [0, 0.1) is 0 Å². The topological polar surface area (TPSA) is 75.7 Å². The summed E-state index contributed by atoms with van der Waals surface area (Å²) in [6.07, 6.45) is 2.45. The lowest BCUT2D eigenvalue weighted by atomic mass is 10.0. The summed E-state index contributed by atoms with van der Waals surface area (Å²) in [5, 5.41) is 3.32. The number of rotatable bonds is 7. The summed E-state index contributed by atoms with van der Waals surface area (Å²) >= 11 is 5.88. The molecule has 0 spiro atoms. The Morgan fingerprint density at radius 3 is 2.48 bits per heavy atom. The lowest BCUT2D eigenvalue weighted by Gasteiger charge is -2.34. The Bertz CT molecular complexity index is 930. The third-order valence-electron chi connectivity index (χ3n) is 4.86. The van der Waals surface area contributed by atoms with Crippen LogP contribution in [0.15, 0.2) is 53.4 Å². The van der Waals surface area contributed by atoms with Gasteiger partial charge < -0.3 is 10.1 Å². The molecule has 1 heterocycles. The van der Waals surface area contributed by atoms with Gasteiger partial charge in [0.1, 0.15) is 5.75 Å². The molecule has 0 aliphatic carbocycles. The van der Waals surface area contributed by atoms with E-state index in [2.05, 4.69) is 5.32 Å². The number of ether oxygens (including phenoxy) is 1. The molecule has 1 fully saturated rings. The van der Waals surface area contributed by atoms with Gasteiger partial charge in [0.25, 0.3) is 0 Å². The van der Waals surface area contributed by atoms with Crippen LogP contribution < -0.4 is 10.1 Å². The van der Waals surface area contributed by atoms with Crippen molar-refractivity contribution in [2.45, 2.75) is 43.5 Å². The first kappa shape index (κ1) is 21.6. The molecule has 0 bridgehead atoms. The molecule has 156 valence electrons. The zero-order chi connectivity index (χ0) is 20.9. The number of carbonyl (C=O) groups excluding carboxylic acids is 1. The van der Waals surface area contributed by atoms with Crippen LogP contribution >= 0.6 is 11.6 Å². The SMILES string of the molecule is CCOc1ccc(NC(=O)C[C@@H]2CCCCN2S(=O)(=O)c2ccc(Cl)cc2)cc1. The van der Waals surface area contributed by atoms with Gasteiger partial charge >= 0.3 is 0 Å². The smallest absolute Gasteiger partial charge is 0.243 e. The number of nitrogens with one attached hydrogen (secondary N) is 1. The number of carbonyl (C=O) groups is 1. The maximum Gasteiger partial charge on any atom is 0.243 e. The monoisotopic (exact) mass is 436 g/mol. The van der Waals surface area contributed by atoms with E-state index in [-0.39, 0.29) is 23.3 Å². The van der Waals surface area contributed by atoms with Crippen LogP contribution in [0.3, 0.4) is 0 Å². The third-order valence-corrected chi connectivity index (χ3v) is 7.08. The highest BCUT2D eigenvalue weighted by Gasteiger charge is 2.34. The van der Waals surface area contributed by atoms with E-state index in [9.17, 15) is 13.2 Å². The van der Waals surface area contributed by atoms with Crippen LogP contribution in [0.4, 0.5) is 5.69 Å². The van der Waals surface area contributed by atoms with E-state index < -0.39 is 10.0 Å². The Kier molecular flexibility index (Phi) is 7.16. The van der Waals surface area contributed by atoms with Gasteiger partial charge in [-0.15, -0.1) is 0 Å². The van der Waals surface area contributed by atoms with Crippen LogP contribution in [-0.2, 0) is 14.8 Å². The first-order valence-electron chi connectivity index (χ1n) is 9.70. The normalized spacial score (nSPS) is 17.7. The van der Waals surface area contributed by atoms with E-state index >= 15 is 0 Å². The van der Waals surface area contributed by atoms with Gasteiger partial charge in [-0.3, -0.25) is 4.79 Å². The number of amides is 1. The number of hydrogen-bond acceptors (Lipinski definition) is 4. The van der Waals surface area contributed by atoms with Crippen molar-refractivity contribution in [3.05, 3.63) is 53.6 Å². The second-order valence-electron chi connectivity index (χ2n) is 6.93. The molecule has 0 radical (unpaired) electrons. The van der Waals surface area contributed by atoms with Crippen molar-refractivity contribution in [3.63, 3.8) is 0 Å². The van der Waals surface area contributed by atoms with Gasteiger partial charge in [0, 0.05) is 29.7 Å². The van der Waals surface area contributed by atoms with E-state index in [1.54, 1.807) is 36.4 Å². The number of benzene rings is 2. The summed E-state index contributed by atoms with van der Waals surface area (Å²) in [6, 6.07) is 12.9. The first-order chi connectivity index (χ1) is 13.9. The number of hydrogen-bond donors (Lipinski definition) is 1. The molecule has 2 aromatic carbocycles. The molecule has 0 unspecified atom stereocenters. The number of piperidine rings is 1. The summed E-state index contributed by atoms with van der Waals surface area (Å²) in [7, 11) is -3.68. The van der Waals surface area contributed by atoms with Crippen molar-refractivity contribution in [2.24, 2.45) is 0 Å². The second kappa shape index (κ2) is 9.61. The minimum Gasteiger partial charge on any atom is -0.494 e. The molecule has 1 saturated heterocycles. The number of anilines is 1. The van der Waals surface area contributed by atoms with E-state index in [1.165, 1.54) is 16.4 Å². The average Bonchev–Trinajstić information content (AvgIpc) is 2.70. The van der Waals surface area contributed by atoms with Crippen molar-refractivity contribution in [3.8, 4) is 5.75 Å². The Hall–Kier alpha value is -2.09. The van der Waals surface area contributed by atoms with Crippen molar-refractivity contribution >= 4 is 33.2 Å². The Morgan fingerprint density at radius 2 is 1.83 bits per heavy atom. The molecular formula is C21H25ClN2O4S. The quantitative estimate of drug-likeness (QED) is 0.701. The standard InChI is InChI=1S/C21H25ClN2O4S/c1-2-28-19-10-8-17(9-11-19)23-21(25)15-18-5-3-4-14-24(18)29(26,27)20-12-6-16(22)7-13-20/h6-13,18H,2-5,14-15H2,1H3,(H,23,25)/t18-/m0/s1. The highest BCUT2D eigenvalue weighted by molar-refractivity contribution is 7.89. The molecular weight excluding hydrogens is 412 g/mol. The minimum atomic E-state index is -3.68. The molecule has 1 aliphatic rings. The van der Waals surface area contributed by atoms with Crippen LogP contribution in [0.25, 0.3) is 0 Å². The van der Waals surface area contributed by atoms with Crippen LogP contribution in [0.1, 0.15) is 32.6 Å². The lowest BCUT2D eigenvalue weighted by Crippen LogP contribution is -2.45. The molecule has 1 atom stereocenters. The van der Waals surface area contributed by atoms with Crippen LogP contribution in [-0.4, -0.2) is 37.8 Å². The molecule has 3 rings (SSSR count). The fourth-order valence-electron chi connectivity index (χ4n) is 3.46. The highest BCUT2D eigenvalue weighted by atomic mass is 35.5. The van der Waals surface area contributed by atoms with E-state index in [0.717, 1.165) is 18.6 Å². The van der Waals surface area contributed by atoms with Gasteiger partial charge in [0.15, 0.2) is 0 Å². The third kappa shape index (κ3) is 5.50. The first-order valence-corrected chi connectivity index (χ1v) is 11.5. The molecule has 29 heavy (non-hydrogen) atoms. The number of nitrogens with zero attached hydrogens (tertiary/aromatic N) is 1. The Labute approximate surface area is 176 Å². The molecule has 2 aromatic rings. The average molecular weight is 437 g/mol. The molecule has 0 saturated carbocycles. The van der Waals surface area contributed by atoms with Crippen molar-refractivity contribution in [2.75, 3.05) is 18.5 Å². The number of halogens is 1. The summed E-state index contributed by atoms with van der Waals surface area (Å²) in [5.74, 6) is 0.523. The zero-order valence-corrected chi connectivity index (χ0v) is 17.9. The van der Waals surface area contributed by atoms with Gasteiger partial charge in [-0.2, -0.15) is 4.31 Å². The summed E-state index contributed by atoms with van der Waals surface area (Å²) in [5.41, 5.74) is 0.654. The molecule has 1 N–H and O–H groups in total.